The Balaban J connectivity index is 1.67. The molecule has 0 aliphatic carbocycles. The summed E-state index contributed by atoms with van der Waals surface area (Å²) in [5.41, 5.74) is 2.23. The third-order valence-electron chi connectivity index (χ3n) is 5.65. The standard InChI is InChI=1S/C24H30N4O3/c1-6-27(16(2)3)20-13-11-19(12-14-20)25-21(29)15-28-22(30)24(5,26-23(28)31)18-9-7-17(4)8-10-18/h7-14,16H,6,15H2,1-5H3,(H,25,29)(H,26,31). The predicted molar refractivity (Wildman–Crippen MR) is 122 cm³/mol. The minimum absolute atomic E-state index is 0.346. The maximum absolute atomic E-state index is 13.0. The van der Waals surface area contributed by atoms with Gasteiger partial charge < -0.3 is 15.5 Å². The summed E-state index contributed by atoms with van der Waals surface area (Å²) in [6.45, 7) is 10.5. The van der Waals surface area contributed by atoms with Gasteiger partial charge in [0.25, 0.3) is 5.91 Å². The van der Waals surface area contributed by atoms with Crippen LogP contribution in [0.2, 0.25) is 0 Å². The minimum atomic E-state index is -1.19. The van der Waals surface area contributed by atoms with Crippen LogP contribution in [-0.4, -0.2) is 41.9 Å². The van der Waals surface area contributed by atoms with Crippen molar-refractivity contribution >= 4 is 29.2 Å². The molecule has 1 unspecified atom stereocenters. The molecule has 1 heterocycles. The van der Waals surface area contributed by atoms with Gasteiger partial charge in [0.1, 0.15) is 12.1 Å². The molecular formula is C24H30N4O3. The maximum atomic E-state index is 13.0. The summed E-state index contributed by atoms with van der Waals surface area (Å²) < 4.78 is 0. The Labute approximate surface area is 183 Å². The Bertz CT molecular complexity index is 969. The van der Waals surface area contributed by atoms with Gasteiger partial charge in [-0.3, -0.25) is 14.5 Å². The molecule has 1 fully saturated rings. The number of nitrogens with one attached hydrogen (secondary N) is 2. The van der Waals surface area contributed by atoms with Crippen molar-refractivity contribution in [2.75, 3.05) is 23.3 Å². The zero-order valence-corrected chi connectivity index (χ0v) is 18.7. The number of aryl methyl sites for hydroxylation is 1. The van der Waals surface area contributed by atoms with Gasteiger partial charge in [-0.25, -0.2) is 4.79 Å². The van der Waals surface area contributed by atoms with Crippen LogP contribution in [0.3, 0.4) is 0 Å². The average molecular weight is 423 g/mol. The van der Waals surface area contributed by atoms with Gasteiger partial charge >= 0.3 is 6.03 Å². The highest BCUT2D eigenvalue weighted by Gasteiger charge is 2.49. The molecule has 2 aromatic carbocycles. The molecule has 1 atom stereocenters. The lowest BCUT2D eigenvalue weighted by Crippen LogP contribution is -2.42. The molecule has 0 radical (unpaired) electrons. The number of rotatable bonds is 7. The lowest BCUT2D eigenvalue weighted by Gasteiger charge is -2.27. The molecule has 31 heavy (non-hydrogen) atoms. The van der Waals surface area contributed by atoms with E-state index in [1.165, 1.54) is 0 Å². The molecule has 1 aliphatic heterocycles. The highest BCUT2D eigenvalue weighted by molar-refractivity contribution is 6.10. The van der Waals surface area contributed by atoms with Gasteiger partial charge in [0, 0.05) is 24.0 Å². The van der Waals surface area contributed by atoms with E-state index in [4.69, 9.17) is 0 Å². The van der Waals surface area contributed by atoms with Crippen LogP contribution in [0.4, 0.5) is 16.2 Å². The zero-order chi connectivity index (χ0) is 22.8. The van der Waals surface area contributed by atoms with Gasteiger partial charge in [0.05, 0.1) is 0 Å². The fourth-order valence-electron chi connectivity index (χ4n) is 3.85. The Hall–Kier alpha value is -3.35. The van der Waals surface area contributed by atoms with Crippen molar-refractivity contribution < 1.29 is 14.4 Å². The van der Waals surface area contributed by atoms with Crippen molar-refractivity contribution in [3.63, 3.8) is 0 Å². The van der Waals surface area contributed by atoms with Gasteiger partial charge in [-0.1, -0.05) is 29.8 Å². The number of anilines is 2. The quantitative estimate of drug-likeness (QED) is 0.668. The topological polar surface area (TPSA) is 81.8 Å². The summed E-state index contributed by atoms with van der Waals surface area (Å²) in [5, 5.41) is 5.49. The van der Waals surface area contributed by atoms with Crippen LogP contribution >= 0.6 is 0 Å². The zero-order valence-electron chi connectivity index (χ0n) is 18.7. The first-order chi connectivity index (χ1) is 14.7. The SMILES string of the molecule is CCN(c1ccc(NC(=O)CN2C(=O)NC(C)(c3ccc(C)cc3)C2=O)cc1)C(C)C. The third-order valence-corrected chi connectivity index (χ3v) is 5.65. The summed E-state index contributed by atoms with van der Waals surface area (Å²) in [7, 11) is 0. The second-order valence-corrected chi connectivity index (χ2v) is 8.29. The van der Waals surface area contributed by atoms with E-state index in [-0.39, 0.29) is 6.54 Å². The summed E-state index contributed by atoms with van der Waals surface area (Å²) in [6.07, 6.45) is 0. The molecule has 1 aliphatic rings. The fraction of sp³-hybridized carbons (Fsp3) is 0.375. The minimum Gasteiger partial charge on any atom is -0.369 e. The molecule has 164 valence electrons. The van der Waals surface area contributed by atoms with Crippen LogP contribution in [0, 0.1) is 6.92 Å². The molecule has 1 saturated heterocycles. The van der Waals surface area contributed by atoms with Crippen molar-refractivity contribution in [1.82, 2.24) is 10.2 Å². The van der Waals surface area contributed by atoms with Crippen LogP contribution in [0.15, 0.2) is 48.5 Å². The molecule has 3 rings (SSSR count). The van der Waals surface area contributed by atoms with Crippen molar-refractivity contribution in [3.05, 3.63) is 59.7 Å². The summed E-state index contributed by atoms with van der Waals surface area (Å²) >= 11 is 0. The van der Waals surface area contributed by atoms with Crippen molar-refractivity contribution in [2.24, 2.45) is 0 Å². The van der Waals surface area contributed by atoms with E-state index in [2.05, 4.69) is 36.3 Å². The molecule has 7 heteroatoms. The van der Waals surface area contributed by atoms with Gasteiger partial charge in [-0.05, 0) is 64.4 Å². The Morgan fingerprint density at radius 2 is 1.71 bits per heavy atom. The van der Waals surface area contributed by atoms with Gasteiger partial charge in [-0.2, -0.15) is 0 Å². The van der Waals surface area contributed by atoms with Crippen LogP contribution in [0.5, 0.6) is 0 Å². The third kappa shape index (κ3) is 4.55. The molecular weight excluding hydrogens is 392 g/mol. The smallest absolute Gasteiger partial charge is 0.325 e. The van der Waals surface area contributed by atoms with E-state index in [1.54, 1.807) is 6.92 Å². The van der Waals surface area contributed by atoms with Crippen LogP contribution in [0.1, 0.15) is 38.8 Å². The van der Waals surface area contributed by atoms with E-state index >= 15 is 0 Å². The Kier molecular flexibility index (Phi) is 6.34. The van der Waals surface area contributed by atoms with Crippen LogP contribution in [0.25, 0.3) is 0 Å². The first-order valence-corrected chi connectivity index (χ1v) is 10.5. The lowest BCUT2D eigenvalue weighted by molar-refractivity contribution is -0.133. The normalized spacial score (nSPS) is 18.3. The summed E-state index contributed by atoms with van der Waals surface area (Å²) in [4.78, 5) is 41.2. The van der Waals surface area contributed by atoms with E-state index < -0.39 is 23.4 Å². The first kappa shape index (κ1) is 22.3. The Morgan fingerprint density at radius 1 is 1.10 bits per heavy atom. The highest BCUT2D eigenvalue weighted by Crippen LogP contribution is 2.29. The number of nitrogens with zero attached hydrogens (tertiary/aromatic N) is 2. The number of carbonyl (C=O) groups excluding carboxylic acids is 3. The molecule has 4 amide bonds. The van der Waals surface area contributed by atoms with Gasteiger partial charge in [0.15, 0.2) is 0 Å². The van der Waals surface area contributed by atoms with E-state index in [0.29, 0.717) is 17.3 Å². The molecule has 0 spiro atoms. The van der Waals surface area contributed by atoms with Gasteiger partial charge in [0.2, 0.25) is 5.91 Å². The average Bonchev–Trinajstić information content (AvgIpc) is 2.94. The van der Waals surface area contributed by atoms with E-state index in [0.717, 1.165) is 22.7 Å². The molecule has 2 aromatic rings. The van der Waals surface area contributed by atoms with Crippen LogP contribution in [-0.2, 0) is 15.1 Å². The monoisotopic (exact) mass is 422 g/mol. The fourth-order valence-corrected chi connectivity index (χ4v) is 3.85. The molecule has 7 nitrogen and oxygen atoms in total. The highest BCUT2D eigenvalue weighted by atomic mass is 16.2. The molecule has 0 aromatic heterocycles. The molecule has 2 N–H and O–H groups in total. The second-order valence-electron chi connectivity index (χ2n) is 8.29. The largest absolute Gasteiger partial charge is 0.369 e. The first-order valence-electron chi connectivity index (χ1n) is 10.5. The number of hydrogen-bond acceptors (Lipinski definition) is 4. The number of carbonyl (C=O) groups is 3. The second kappa shape index (κ2) is 8.79. The summed E-state index contributed by atoms with van der Waals surface area (Å²) in [5.74, 6) is -0.872. The van der Waals surface area contributed by atoms with Crippen LogP contribution < -0.4 is 15.5 Å². The predicted octanol–water partition coefficient (Wildman–Crippen LogP) is 3.64. The molecule has 0 bridgehead atoms. The van der Waals surface area contributed by atoms with Crippen molar-refractivity contribution in [1.29, 1.82) is 0 Å². The van der Waals surface area contributed by atoms with E-state index in [9.17, 15) is 14.4 Å². The number of amides is 4. The van der Waals surface area contributed by atoms with Gasteiger partial charge in [-0.15, -0.1) is 0 Å². The number of hydrogen-bond donors (Lipinski definition) is 2. The van der Waals surface area contributed by atoms with Crippen molar-refractivity contribution in [2.45, 2.75) is 46.2 Å². The van der Waals surface area contributed by atoms with Crippen molar-refractivity contribution in [3.8, 4) is 0 Å². The summed E-state index contributed by atoms with van der Waals surface area (Å²) in [6, 6.07) is 14.7. The number of urea groups is 1. The maximum Gasteiger partial charge on any atom is 0.325 e. The molecule has 0 saturated carbocycles. The lowest BCUT2D eigenvalue weighted by atomic mass is 9.91. The van der Waals surface area contributed by atoms with E-state index in [1.807, 2.05) is 55.5 Å². The Morgan fingerprint density at radius 3 is 2.26 bits per heavy atom. The number of imide groups is 1. The number of benzene rings is 2.